The number of hydrogen-bond acceptors (Lipinski definition) is 5. The van der Waals surface area contributed by atoms with Gasteiger partial charge in [0.1, 0.15) is 0 Å². The number of methoxy groups -OCH3 is 2. The standard InChI is InChI=1S/C21H20BrNO5/c1-27-19-15(11-13-10-14(22)8-9-16(13)23-19)17(12-6-4-3-5-7-12)18(20(24)25)21(26)28-2/h4,6-11,17-18H,3,5H2,1-2H3,(H,24,25). The van der Waals surface area contributed by atoms with Gasteiger partial charge in [-0.25, -0.2) is 4.98 Å². The number of carboxylic acid groups (broad SMARTS) is 1. The van der Waals surface area contributed by atoms with Gasteiger partial charge >= 0.3 is 11.9 Å². The van der Waals surface area contributed by atoms with Gasteiger partial charge in [0.05, 0.1) is 19.7 Å². The molecule has 0 spiro atoms. The van der Waals surface area contributed by atoms with Crippen molar-refractivity contribution in [2.75, 3.05) is 14.2 Å². The van der Waals surface area contributed by atoms with E-state index >= 15 is 0 Å². The number of aromatic nitrogens is 1. The SMILES string of the molecule is COC(=O)C(C(=O)O)C(C1=CCCC=C1)c1cc2cc(Br)ccc2nc1OC. The molecule has 2 aromatic rings. The number of nitrogens with zero attached hydrogens (tertiary/aromatic N) is 1. The maximum Gasteiger partial charge on any atom is 0.321 e. The van der Waals surface area contributed by atoms with E-state index in [1.165, 1.54) is 14.2 Å². The number of halogens is 1. The van der Waals surface area contributed by atoms with Crippen molar-refractivity contribution in [2.24, 2.45) is 5.92 Å². The Morgan fingerprint density at radius 1 is 1.21 bits per heavy atom. The average molecular weight is 446 g/mol. The van der Waals surface area contributed by atoms with Crippen molar-refractivity contribution in [2.45, 2.75) is 18.8 Å². The van der Waals surface area contributed by atoms with Crippen LogP contribution in [0.2, 0.25) is 0 Å². The second kappa shape index (κ2) is 8.56. The molecule has 0 fully saturated rings. The van der Waals surface area contributed by atoms with Crippen LogP contribution in [0.3, 0.4) is 0 Å². The summed E-state index contributed by atoms with van der Waals surface area (Å²) in [6.45, 7) is 0. The molecule has 6 nitrogen and oxygen atoms in total. The van der Waals surface area contributed by atoms with Crippen molar-refractivity contribution < 1.29 is 24.2 Å². The third-order valence-corrected chi connectivity index (χ3v) is 5.23. The monoisotopic (exact) mass is 445 g/mol. The van der Waals surface area contributed by atoms with E-state index in [1.807, 2.05) is 42.5 Å². The predicted octanol–water partition coefficient (Wildman–Crippen LogP) is 4.24. The second-order valence-corrected chi connectivity index (χ2v) is 7.34. The summed E-state index contributed by atoms with van der Waals surface area (Å²) in [5.74, 6) is -3.98. The van der Waals surface area contributed by atoms with Crippen molar-refractivity contribution >= 4 is 38.8 Å². The van der Waals surface area contributed by atoms with Crippen LogP contribution in [0.15, 0.2) is 52.5 Å². The van der Waals surface area contributed by atoms with Gasteiger partial charge in [0.15, 0.2) is 5.92 Å². The van der Waals surface area contributed by atoms with E-state index < -0.39 is 23.8 Å². The number of ether oxygens (including phenoxy) is 2. The van der Waals surface area contributed by atoms with Crippen LogP contribution in [0, 0.1) is 5.92 Å². The van der Waals surface area contributed by atoms with Gasteiger partial charge in [0.2, 0.25) is 5.88 Å². The minimum Gasteiger partial charge on any atom is -0.481 e. The Morgan fingerprint density at radius 3 is 2.61 bits per heavy atom. The lowest BCUT2D eigenvalue weighted by atomic mass is 9.78. The maximum absolute atomic E-state index is 12.4. The molecule has 2 unspecified atom stereocenters. The number of rotatable bonds is 6. The lowest BCUT2D eigenvalue weighted by molar-refractivity contribution is -0.157. The van der Waals surface area contributed by atoms with Crippen molar-refractivity contribution in [3.05, 3.63) is 58.1 Å². The number of hydrogen-bond donors (Lipinski definition) is 1. The molecular formula is C21H20BrNO5. The molecule has 0 amide bonds. The first-order chi connectivity index (χ1) is 13.5. The maximum atomic E-state index is 12.4. The van der Waals surface area contributed by atoms with Crippen LogP contribution in [0.25, 0.3) is 10.9 Å². The fourth-order valence-electron chi connectivity index (χ4n) is 3.45. The highest BCUT2D eigenvalue weighted by Gasteiger charge is 2.40. The van der Waals surface area contributed by atoms with E-state index in [9.17, 15) is 14.7 Å². The largest absolute Gasteiger partial charge is 0.481 e. The van der Waals surface area contributed by atoms with E-state index in [2.05, 4.69) is 20.9 Å². The molecule has 1 N–H and O–H groups in total. The molecule has 0 bridgehead atoms. The summed E-state index contributed by atoms with van der Waals surface area (Å²) in [4.78, 5) is 29.0. The molecule has 1 aromatic heterocycles. The Kier molecular flexibility index (Phi) is 6.14. The first-order valence-corrected chi connectivity index (χ1v) is 9.57. The zero-order valence-corrected chi connectivity index (χ0v) is 17.1. The van der Waals surface area contributed by atoms with Crippen LogP contribution in [0.4, 0.5) is 0 Å². The molecule has 0 saturated heterocycles. The van der Waals surface area contributed by atoms with Gasteiger partial charge in [-0.1, -0.05) is 34.2 Å². The minimum absolute atomic E-state index is 0.287. The summed E-state index contributed by atoms with van der Waals surface area (Å²) in [5.41, 5.74) is 1.97. The van der Waals surface area contributed by atoms with Crippen molar-refractivity contribution in [1.29, 1.82) is 0 Å². The molecule has 2 atom stereocenters. The van der Waals surface area contributed by atoms with Crippen molar-refractivity contribution in [3.8, 4) is 5.88 Å². The Balaban J connectivity index is 2.27. The molecule has 1 aliphatic carbocycles. The Labute approximate surface area is 171 Å². The lowest BCUT2D eigenvalue weighted by Crippen LogP contribution is -2.32. The van der Waals surface area contributed by atoms with Crippen LogP contribution in [-0.2, 0) is 14.3 Å². The molecule has 28 heavy (non-hydrogen) atoms. The van der Waals surface area contributed by atoms with Gasteiger partial charge in [0, 0.05) is 21.3 Å². The highest BCUT2D eigenvalue weighted by Crippen LogP contribution is 2.41. The summed E-state index contributed by atoms with van der Waals surface area (Å²) in [5, 5.41) is 10.6. The number of pyridine rings is 1. The fourth-order valence-corrected chi connectivity index (χ4v) is 3.83. The molecule has 146 valence electrons. The highest BCUT2D eigenvalue weighted by atomic mass is 79.9. The number of carbonyl (C=O) groups is 2. The van der Waals surface area contributed by atoms with Gasteiger partial charge < -0.3 is 14.6 Å². The minimum atomic E-state index is -1.42. The molecule has 0 saturated carbocycles. The average Bonchev–Trinajstić information content (AvgIpc) is 2.70. The molecule has 1 aromatic carbocycles. The summed E-state index contributed by atoms with van der Waals surface area (Å²) in [6, 6.07) is 7.43. The lowest BCUT2D eigenvalue weighted by Gasteiger charge is -2.26. The van der Waals surface area contributed by atoms with Crippen LogP contribution in [-0.4, -0.2) is 36.2 Å². The third-order valence-electron chi connectivity index (χ3n) is 4.74. The molecule has 0 radical (unpaired) electrons. The van der Waals surface area contributed by atoms with Gasteiger partial charge in [-0.15, -0.1) is 0 Å². The Bertz CT molecular complexity index is 982. The van der Waals surface area contributed by atoms with Crippen LogP contribution in [0.5, 0.6) is 5.88 Å². The molecular weight excluding hydrogens is 426 g/mol. The molecule has 1 heterocycles. The predicted molar refractivity (Wildman–Crippen MR) is 108 cm³/mol. The van der Waals surface area contributed by atoms with E-state index in [1.54, 1.807) is 0 Å². The van der Waals surface area contributed by atoms with E-state index in [0.717, 1.165) is 28.3 Å². The molecule has 7 heteroatoms. The van der Waals surface area contributed by atoms with Crippen LogP contribution >= 0.6 is 15.9 Å². The topological polar surface area (TPSA) is 85.7 Å². The molecule has 3 rings (SSSR count). The number of fused-ring (bicyclic) bond motifs is 1. The summed E-state index contributed by atoms with van der Waals surface area (Å²) >= 11 is 3.44. The summed E-state index contributed by atoms with van der Waals surface area (Å²) < 4.78 is 11.2. The van der Waals surface area contributed by atoms with E-state index in [-0.39, 0.29) is 5.88 Å². The van der Waals surface area contributed by atoms with Gasteiger partial charge in [0.25, 0.3) is 0 Å². The first-order valence-electron chi connectivity index (χ1n) is 8.77. The van der Waals surface area contributed by atoms with Crippen LogP contribution < -0.4 is 4.74 Å². The summed E-state index contributed by atoms with van der Waals surface area (Å²) in [7, 11) is 2.67. The number of allylic oxidation sites excluding steroid dienone is 4. The smallest absolute Gasteiger partial charge is 0.321 e. The number of esters is 1. The van der Waals surface area contributed by atoms with Gasteiger partial charge in [-0.2, -0.15) is 0 Å². The summed E-state index contributed by atoms with van der Waals surface area (Å²) in [6.07, 6.45) is 7.42. The van der Waals surface area contributed by atoms with E-state index in [0.29, 0.717) is 11.1 Å². The quantitative estimate of drug-likeness (QED) is 0.528. The third kappa shape index (κ3) is 3.94. The fraction of sp³-hybridized carbons (Fsp3) is 0.286. The first kappa shape index (κ1) is 20.1. The Hall–Kier alpha value is -2.67. The highest BCUT2D eigenvalue weighted by molar-refractivity contribution is 9.10. The number of carboxylic acids is 1. The van der Waals surface area contributed by atoms with Crippen LogP contribution in [0.1, 0.15) is 24.3 Å². The second-order valence-electron chi connectivity index (χ2n) is 6.42. The molecule has 1 aliphatic rings. The number of benzene rings is 1. The zero-order chi connectivity index (χ0) is 20.3. The number of aliphatic carboxylic acids is 1. The van der Waals surface area contributed by atoms with Crippen molar-refractivity contribution in [1.82, 2.24) is 4.98 Å². The number of carbonyl (C=O) groups excluding carboxylic acids is 1. The Morgan fingerprint density at radius 2 is 2.00 bits per heavy atom. The normalized spacial score (nSPS) is 15.6. The van der Waals surface area contributed by atoms with Crippen molar-refractivity contribution in [3.63, 3.8) is 0 Å². The molecule has 0 aliphatic heterocycles. The van der Waals surface area contributed by atoms with Gasteiger partial charge in [-0.3, -0.25) is 9.59 Å². The van der Waals surface area contributed by atoms with Gasteiger partial charge in [-0.05, 0) is 42.7 Å². The van der Waals surface area contributed by atoms with E-state index in [4.69, 9.17) is 9.47 Å². The zero-order valence-electron chi connectivity index (χ0n) is 15.5.